The van der Waals surface area contributed by atoms with E-state index in [-0.39, 0.29) is 24.2 Å². The van der Waals surface area contributed by atoms with Crippen molar-refractivity contribution >= 4 is 11.4 Å². The lowest BCUT2D eigenvalue weighted by molar-refractivity contribution is -0.0206. The highest BCUT2D eigenvalue weighted by Gasteiger charge is 2.44. The Morgan fingerprint density at radius 1 is 0.918 bits per heavy atom. The molecule has 0 aliphatic carbocycles. The number of hydrogen-bond donors (Lipinski definition) is 0. The van der Waals surface area contributed by atoms with E-state index in [9.17, 15) is 13.6 Å². The molecule has 5 aromatic rings. The van der Waals surface area contributed by atoms with E-state index < -0.39 is 17.2 Å². The standard InChI is InChI=1S/C36H40F2N8O3/c1-3-26(2)46-35(47)45(25-41-46)31-7-5-29(6-8-31)42-14-16-43(17-15-42)30-9-11-32(12-10-30)48-20-27-19-36(49-21-27,22-44-24-39-23-40-44)33-13-4-28(37)18-34(33)38/h4-13,18,23-27H,3,14-17,19-22H2,1-2H3/t26-,27?,36?/m0/s1. The van der Waals surface area contributed by atoms with Crippen LogP contribution >= 0.6 is 0 Å². The predicted octanol–water partition coefficient (Wildman–Crippen LogP) is 5.21. The number of aromatic nitrogens is 6. The molecule has 3 aromatic carbocycles. The van der Waals surface area contributed by atoms with Gasteiger partial charge in [-0.05, 0) is 74.4 Å². The third-order valence-electron chi connectivity index (χ3n) is 9.68. The Kier molecular flexibility index (Phi) is 9.17. The molecular weight excluding hydrogens is 630 g/mol. The van der Waals surface area contributed by atoms with Gasteiger partial charge in [-0.1, -0.05) is 13.0 Å². The fraction of sp³-hybridized carbons (Fsp3) is 0.389. The number of anilines is 2. The fourth-order valence-corrected chi connectivity index (χ4v) is 6.77. The summed E-state index contributed by atoms with van der Waals surface area (Å²) in [4.78, 5) is 21.5. The van der Waals surface area contributed by atoms with Gasteiger partial charge in [-0.2, -0.15) is 10.2 Å². The highest BCUT2D eigenvalue weighted by molar-refractivity contribution is 5.54. The largest absolute Gasteiger partial charge is 0.493 e. The molecule has 2 aromatic heterocycles. The summed E-state index contributed by atoms with van der Waals surface area (Å²) in [7, 11) is 0. The summed E-state index contributed by atoms with van der Waals surface area (Å²) in [5, 5.41) is 8.47. The first-order valence-electron chi connectivity index (χ1n) is 16.7. The summed E-state index contributed by atoms with van der Waals surface area (Å²) >= 11 is 0. The first-order valence-corrected chi connectivity index (χ1v) is 16.7. The van der Waals surface area contributed by atoms with Gasteiger partial charge in [0.2, 0.25) is 0 Å². The van der Waals surface area contributed by atoms with Gasteiger partial charge in [0.05, 0.1) is 31.5 Å². The fourth-order valence-electron chi connectivity index (χ4n) is 6.77. The molecular formula is C36H40F2N8O3. The van der Waals surface area contributed by atoms with Crippen LogP contribution in [0.2, 0.25) is 0 Å². The van der Waals surface area contributed by atoms with E-state index in [4.69, 9.17) is 9.47 Å². The Morgan fingerprint density at radius 2 is 1.59 bits per heavy atom. The molecule has 0 bridgehead atoms. The first-order chi connectivity index (χ1) is 23.8. The minimum atomic E-state index is -1.01. The van der Waals surface area contributed by atoms with Gasteiger partial charge in [0.25, 0.3) is 0 Å². The van der Waals surface area contributed by atoms with Gasteiger partial charge >= 0.3 is 5.69 Å². The van der Waals surface area contributed by atoms with Gasteiger partial charge in [-0.25, -0.2) is 32.5 Å². The van der Waals surface area contributed by atoms with Crippen LogP contribution in [0.4, 0.5) is 20.2 Å². The second kappa shape index (κ2) is 13.8. The van der Waals surface area contributed by atoms with E-state index in [0.717, 1.165) is 61.5 Å². The number of nitrogens with zero attached hydrogens (tertiary/aromatic N) is 8. The highest BCUT2D eigenvalue weighted by Crippen LogP contribution is 2.42. The third-order valence-corrected chi connectivity index (χ3v) is 9.68. The van der Waals surface area contributed by atoms with Crippen molar-refractivity contribution in [3.63, 3.8) is 0 Å². The maximum absolute atomic E-state index is 15.0. The molecule has 13 heteroatoms. The normalized spacial score (nSPS) is 20.1. The monoisotopic (exact) mass is 670 g/mol. The van der Waals surface area contributed by atoms with Crippen molar-refractivity contribution in [3.8, 4) is 11.4 Å². The van der Waals surface area contributed by atoms with Gasteiger partial charge in [0.1, 0.15) is 42.0 Å². The van der Waals surface area contributed by atoms with Gasteiger partial charge in [-0.3, -0.25) is 0 Å². The van der Waals surface area contributed by atoms with Crippen molar-refractivity contribution in [1.29, 1.82) is 0 Å². The predicted molar refractivity (Wildman–Crippen MR) is 181 cm³/mol. The smallest absolute Gasteiger partial charge is 0.350 e. The van der Waals surface area contributed by atoms with Crippen LogP contribution in [-0.4, -0.2) is 68.5 Å². The van der Waals surface area contributed by atoms with Crippen LogP contribution in [0.15, 0.2) is 90.5 Å². The summed E-state index contributed by atoms with van der Waals surface area (Å²) in [5.74, 6) is -0.529. The summed E-state index contributed by atoms with van der Waals surface area (Å²) in [6.45, 7) is 8.54. The topological polar surface area (TPSA) is 95.5 Å². The minimum absolute atomic E-state index is 0.00165. The van der Waals surface area contributed by atoms with Crippen LogP contribution in [-0.2, 0) is 16.9 Å². The molecule has 0 saturated carbocycles. The van der Waals surface area contributed by atoms with Gasteiger partial charge in [0.15, 0.2) is 0 Å². The molecule has 0 radical (unpaired) electrons. The number of piperazine rings is 1. The second-order valence-electron chi connectivity index (χ2n) is 12.9. The molecule has 4 heterocycles. The molecule has 49 heavy (non-hydrogen) atoms. The molecule has 2 saturated heterocycles. The van der Waals surface area contributed by atoms with E-state index in [2.05, 4.69) is 49.2 Å². The quantitative estimate of drug-likeness (QED) is 0.189. The first kappa shape index (κ1) is 32.5. The third kappa shape index (κ3) is 6.80. The molecule has 256 valence electrons. The average Bonchev–Trinajstić information content (AvgIpc) is 3.88. The van der Waals surface area contributed by atoms with Crippen molar-refractivity contribution in [3.05, 3.63) is 113 Å². The van der Waals surface area contributed by atoms with E-state index in [1.165, 1.54) is 23.1 Å². The SMILES string of the molecule is CC[C@H](C)n1ncn(-c2ccc(N3CCN(c4ccc(OCC5COC(Cn6cncn6)(c6ccc(F)cc6F)C5)cc4)CC3)cc2)c1=O. The zero-order valence-corrected chi connectivity index (χ0v) is 27.7. The van der Waals surface area contributed by atoms with Crippen LogP contribution < -0.4 is 20.2 Å². The molecule has 7 rings (SSSR count). The average molecular weight is 671 g/mol. The molecule has 2 unspecified atom stereocenters. The van der Waals surface area contributed by atoms with E-state index in [1.54, 1.807) is 21.9 Å². The molecule has 0 spiro atoms. The summed E-state index contributed by atoms with van der Waals surface area (Å²) in [5.41, 5.74) is 2.22. The zero-order chi connectivity index (χ0) is 34.0. The number of rotatable bonds is 11. The number of halogens is 2. The lowest BCUT2D eigenvalue weighted by atomic mass is 9.87. The minimum Gasteiger partial charge on any atom is -0.493 e. The summed E-state index contributed by atoms with van der Waals surface area (Å²) in [6.07, 6.45) is 5.90. The maximum atomic E-state index is 15.0. The summed E-state index contributed by atoms with van der Waals surface area (Å²) in [6, 6.07) is 19.8. The maximum Gasteiger partial charge on any atom is 0.350 e. The van der Waals surface area contributed by atoms with Crippen LogP contribution in [0.5, 0.6) is 5.75 Å². The molecule has 2 aliphatic rings. The van der Waals surface area contributed by atoms with Gasteiger partial charge in [-0.15, -0.1) is 0 Å². The Labute approximate surface area is 283 Å². The van der Waals surface area contributed by atoms with Crippen LogP contribution in [0.3, 0.4) is 0 Å². The van der Waals surface area contributed by atoms with Crippen molar-refractivity contribution < 1.29 is 18.3 Å². The lowest BCUT2D eigenvalue weighted by Gasteiger charge is -2.37. The van der Waals surface area contributed by atoms with Gasteiger partial charge in [0, 0.05) is 55.1 Å². The Morgan fingerprint density at radius 3 is 2.22 bits per heavy atom. The van der Waals surface area contributed by atoms with Crippen LogP contribution in [0, 0.1) is 17.6 Å². The molecule has 0 N–H and O–H groups in total. The van der Waals surface area contributed by atoms with Crippen molar-refractivity contribution in [2.45, 2.75) is 44.9 Å². The Hall–Kier alpha value is -5.04. The van der Waals surface area contributed by atoms with Crippen molar-refractivity contribution in [2.24, 2.45) is 5.92 Å². The Bertz CT molecular complexity index is 1900. The van der Waals surface area contributed by atoms with E-state index >= 15 is 0 Å². The van der Waals surface area contributed by atoms with Crippen molar-refractivity contribution in [2.75, 3.05) is 49.2 Å². The molecule has 0 amide bonds. The molecule has 3 atom stereocenters. The number of ether oxygens (including phenoxy) is 2. The van der Waals surface area contributed by atoms with Crippen molar-refractivity contribution in [1.82, 2.24) is 29.1 Å². The van der Waals surface area contributed by atoms with Crippen LogP contribution in [0.25, 0.3) is 5.69 Å². The highest BCUT2D eigenvalue weighted by atomic mass is 19.1. The Balaban J connectivity index is 0.925. The van der Waals surface area contributed by atoms with Crippen LogP contribution in [0.1, 0.15) is 38.3 Å². The number of benzene rings is 3. The molecule has 2 aliphatic heterocycles. The molecule has 2 fully saturated rings. The van der Waals surface area contributed by atoms with E-state index in [0.29, 0.717) is 25.2 Å². The zero-order valence-electron chi connectivity index (χ0n) is 27.7. The second-order valence-corrected chi connectivity index (χ2v) is 12.9. The lowest BCUT2D eigenvalue weighted by Crippen LogP contribution is -2.46. The molecule has 11 nitrogen and oxygen atoms in total. The summed E-state index contributed by atoms with van der Waals surface area (Å²) < 4.78 is 45.8. The van der Waals surface area contributed by atoms with E-state index in [1.807, 2.05) is 38.1 Å². The van der Waals surface area contributed by atoms with Gasteiger partial charge < -0.3 is 19.3 Å². The number of hydrogen-bond acceptors (Lipinski definition) is 8.